The van der Waals surface area contributed by atoms with Crippen LogP contribution in [-0.4, -0.2) is 88.9 Å². The summed E-state index contributed by atoms with van der Waals surface area (Å²) in [6.45, 7) is 5.51. The zero-order chi connectivity index (χ0) is 41.8. The van der Waals surface area contributed by atoms with Crippen molar-refractivity contribution in [2.24, 2.45) is 17.8 Å². The van der Waals surface area contributed by atoms with E-state index in [2.05, 4.69) is 20.3 Å². The summed E-state index contributed by atoms with van der Waals surface area (Å²) in [5.41, 5.74) is -6.19. The molecule has 13 nitrogen and oxygen atoms in total. The molecule has 21 heteroatoms. The lowest BCUT2D eigenvalue weighted by molar-refractivity contribution is -0.244. The minimum absolute atomic E-state index is 0.0210. The Morgan fingerprint density at radius 1 is 1.09 bits per heavy atom. The molecule has 0 aromatic carbocycles. The van der Waals surface area contributed by atoms with Crippen molar-refractivity contribution in [3.05, 3.63) is 35.0 Å². The van der Waals surface area contributed by atoms with E-state index in [4.69, 9.17) is 21.1 Å². The third kappa shape index (κ3) is 9.00. The molecule has 4 amide bonds. The highest BCUT2D eigenvalue weighted by molar-refractivity contribution is 7.91. The highest BCUT2D eigenvalue weighted by Gasteiger charge is 2.63. The number of alkyl halides is 6. The number of halogens is 7. The largest absolute Gasteiger partial charge is 0.472 e. The Labute approximate surface area is 324 Å². The predicted octanol–water partition coefficient (Wildman–Crippen LogP) is 5.42. The standard InChI is InChI=1S/C35H44ClF6N5O8S/c1-18-8-6-7-9-20-16-33(20,29(50)46-56(52,53)32(5)11-12-32)45-26(48)23-15-21(54-27-24(34(37,38)39)22(36)10-13-43-27)17-47(23)28(49)25(19(2)14-18)44-30(51)55-31(3,4)35(40,41)42/h7,9-10,13,18-21,23,25H,6,8,11-12,14-17H2,1-5H3,(H,44,51)(H,45,48)(H,46,50). The van der Waals surface area contributed by atoms with Gasteiger partial charge in [0.2, 0.25) is 33.3 Å². The molecule has 1 aromatic rings. The normalized spacial score (nSPS) is 29.8. The Morgan fingerprint density at radius 2 is 1.75 bits per heavy atom. The van der Waals surface area contributed by atoms with Crippen molar-refractivity contribution in [1.29, 1.82) is 0 Å². The second kappa shape index (κ2) is 15.2. The van der Waals surface area contributed by atoms with Gasteiger partial charge >= 0.3 is 18.4 Å². The molecule has 3 heterocycles. The molecule has 7 unspecified atom stereocenters. The maximum Gasteiger partial charge on any atom is 0.427 e. The monoisotopic (exact) mass is 843 g/mol. The van der Waals surface area contributed by atoms with Crippen LogP contribution in [-0.2, 0) is 35.3 Å². The van der Waals surface area contributed by atoms with Crippen LogP contribution in [0, 0.1) is 17.8 Å². The van der Waals surface area contributed by atoms with Gasteiger partial charge in [-0.15, -0.1) is 0 Å². The highest BCUT2D eigenvalue weighted by atomic mass is 35.5. The fourth-order valence-corrected chi connectivity index (χ4v) is 8.52. The van der Waals surface area contributed by atoms with Crippen LogP contribution in [0.25, 0.3) is 0 Å². The maximum atomic E-state index is 14.5. The molecule has 3 N–H and O–H groups in total. The first kappa shape index (κ1) is 43.3. The summed E-state index contributed by atoms with van der Waals surface area (Å²) in [6.07, 6.45) is -7.26. The van der Waals surface area contributed by atoms with Gasteiger partial charge < -0.3 is 25.0 Å². The zero-order valence-electron chi connectivity index (χ0n) is 31.1. The summed E-state index contributed by atoms with van der Waals surface area (Å²) < 4.78 is 120. The molecule has 2 aliphatic carbocycles. The summed E-state index contributed by atoms with van der Waals surface area (Å²) in [7, 11) is -4.17. The molecule has 0 spiro atoms. The Bertz CT molecular complexity index is 1870. The van der Waals surface area contributed by atoms with Gasteiger partial charge in [0.1, 0.15) is 29.3 Å². The predicted molar refractivity (Wildman–Crippen MR) is 187 cm³/mol. The summed E-state index contributed by atoms with van der Waals surface area (Å²) >= 11 is 5.85. The van der Waals surface area contributed by atoms with Crippen molar-refractivity contribution in [2.45, 2.75) is 126 Å². The maximum absolute atomic E-state index is 14.5. The molecule has 3 fully saturated rings. The van der Waals surface area contributed by atoms with Crippen molar-refractivity contribution in [3.8, 4) is 5.88 Å². The molecular weight excluding hydrogens is 800 g/mol. The third-order valence-corrected chi connectivity index (χ3v) is 13.5. The Kier molecular flexibility index (Phi) is 11.7. The van der Waals surface area contributed by atoms with E-state index >= 15 is 0 Å². The molecular formula is C35H44ClF6N5O8S. The van der Waals surface area contributed by atoms with Gasteiger partial charge in [0.25, 0.3) is 5.91 Å². The van der Waals surface area contributed by atoms with Gasteiger partial charge in [-0.2, -0.15) is 26.3 Å². The fourth-order valence-electron chi connectivity index (χ4n) is 6.97. The molecule has 0 radical (unpaired) electrons. The molecule has 56 heavy (non-hydrogen) atoms. The molecule has 1 saturated heterocycles. The molecule has 0 bridgehead atoms. The van der Waals surface area contributed by atoms with Crippen LogP contribution in [0.1, 0.15) is 85.1 Å². The first-order valence-corrected chi connectivity index (χ1v) is 19.9. The highest BCUT2D eigenvalue weighted by Crippen LogP contribution is 2.48. The van der Waals surface area contributed by atoms with Gasteiger partial charge in [-0.3, -0.25) is 19.1 Å². The average Bonchev–Trinajstić information content (AvgIpc) is 3.94. The average molecular weight is 844 g/mol. The lowest BCUT2D eigenvalue weighted by Crippen LogP contribution is -2.59. The van der Waals surface area contributed by atoms with Crippen molar-refractivity contribution in [1.82, 2.24) is 25.2 Å². The molecule has 1 aromatic heterocycles. The summed E-state index contributed by atoms with van der Waals surface area (Å²) in [5.74, 6) is -5.58. The van der Waals surface area contributed by atoms with Gasteiger partial charge in [0.15, 0.2) is 0 Å². The van der Waals surface area contributed by atoms with E-state index < -0.39 is 122 Å². The molecule has 2 saturated carbocycles. The number of fused-ring (bicyclic) bond motifs is 2. The number of carbonyl (C=O) groups excluding carboxylic acids is 4. The Hall–Kier alpha value is -3.81. The zero-order valence-corrected chi connectivity index (χ0v) is 32.7. The SMILES string of the molecule is CC1CCC=CC2CC2(C(=O)NS(=O)(=O)C2(C)CC2)NC(=O)C2CC(Oc3nccc(Cl)c3C(F)(F)F)CN2C(=O)C(NC(=O)OC(C)(C)C(F)(F)F)C(C)C1. The molecule has 5 rings (SSSR count). The first-order chi connectivity index (χ1) is 25.7. The van der Waals surface area contributed by atoms with Crippen LogP contribution in [0.5, 0.6) is 5.88 Å². The van der Waals surface area contributed by atoms with E-state index in [1.165, 1.54) is 6.92 Å². The van der Waals surface area contributed by atoms with Crippen LogP contribution in [0.4, 0.5) is 31.1 Å². The van der Waals surface area contributed by atoms with Crippen molar-refractivity contribution in [2.75, 3.05) is 6.54 Å². The van der Waals surface area contributed by atoms with Crippen molar-refractivity contribution >= 4 is 45.4 Å². The number of aromatic nitrogens is 1. The number of nitrogens with zero attached hydrogens (tertiary/aromatic N) is 2. The van der Waals surface area contributed by atoms with Gasteiger partial charge in [0, 0.05) is 18.5 Å². The fraction of sp³-hybridized carbons (Fsp3) is 0.686. The Morgan fingerprint density at radius 3 is 2.36 bits per heavy atom. The smallest absolute Gasteiger partial charge is 0.427 e. The number of sulfonamides is 1. The quantitative estimate of drug-likeness (QED) is 0.239. The molecule has 312 valence electrons. The third-order valence-electron chi connectivity index (χ3n) is 11.0. The number of carbonyl (C=O) groups is 4. The number of allylic oxidation sites excluding steroid dienone is 1. The number of hydrogen-bond donors (Lipinski definition) is 3. The van der Waals surface area contributed by atoms with Gasteiger partial charge in [-0.25, -0.2) is 18.2 Å². The van der Waals surface area contributed by atoms with Crippen molar-refractivity contribution in [3.63, 3.8) is 0 Å². The van der Waals surface area contributed by atoms with Gasteiger partial charge in [0.05, 0.1) is 16.3 Å². The summed E-state index contributed by atoms with van der Waals surface area (Å²) in [4.78, 5) is 60.1. The minimum atomic E-state index is -5.03. The van der Waals surface area contributed by atoms with Gasteiger partial charge in [-0.1, -0.05) is 37.6 Å². The number of ether oxygens (including phenoxy) is 2. The lowest BCUT2D eigenvalue weighted by Gasteiger charge is -2.34. The van der Waals surface area contributed by atoms with E-state index in [0.29, 0.717) is 39.5 Å². The van der Waals surface area contributed by atoms with Gasteiger partial charge in [-0.05, 0) is 77.2 Å². The second-order valence-corrected chi connectivity index (χ2v) is 18.6. The number of amides is 4. The second-order valence-electron chi connectivity index (χ2n) is 16.0. The van der Waals surface area contributed by atoms with E-state index in [1.54, 1.807) is 19.1 Å². The summed E-state index contributed by atoms with van der Waals surface area (Å²) in [6, 6.07) is -2.33. The number of hydrogen-bond acceptors (Lipinski definition) is 9. The Balaban J connectivity index is 1.52. The number of alkyl carbamates (subject to hydrolysis) is 1. The number of nitrogens with one attached hydrogen (secondary N) is 3. The van der Waals surface area contributed by atoms with Crippen LogP contribution in [0.15, 0.2) is 24.4 Å². The van der Waals surface area contributed by atoms with Crippen LogP contribution in [0.3, 0.4) is 0 Å². The van der Waals surface area contributed by atoms with Crippen molar-refractivity contribution < 1.29 is 63.4 Å². The van der Waals surface area contributed by atoms with E-state index in [-0.39, 0.29) is 18.8 Å². The van der Waals surface area contributed by atoms with E-state index in [9.17, 15) is 53.9 Å². The molecule has 7 atom stereocenters. The summed E-state index contributed by atoms with van der Waals surface area (Å²) in [5, 5.41) is 4.09. The number of rotatable bonds is 7. The van der Waals surface area contributed by atoms with Crippen LogP contribution >= 0.6 is 11.6 Å². The van der Waals surface area contributed by atoms with E-state index in [0.717, 1.165) is 17.2 Å². The minimum Gasteiger partial charge on any atom is -0.472 e. The lowest BCUT2D eigenvalue weighted by atomic mass is 9.88. The van der Waals surface area contributed by atoms with Crippen LogP contribution < -0.4 is 20.1 Å². The first-order valence-electron chi connectivity index (χ1n) is 18.0. The molecule has 4 aliphatic rings. The van der Waals surface area contributed by atoms with E-state index in [1.807, 2.05) is 6.92 Å². The molecule has 2 aliphatic heterocycles. The van der Waals surface area contributed by atoms with Crippen LogP contribution in [0.2, 0.25) is 5.02 Å². The topological polar surface area (TPSA) is 173 Å². The number of pyridine rings is 1.